The summed E-state index contributed by atoms with van der Waals surface area (Å²) in [6.45, 7) is -0.244. The van der Waals surface area contributed by atoms with Crippen LogP contribution in [0.5, 0.6) is 0 Å². The molecule has 0 radical (unpaired) electrons. The Bertz CT molecular complexity index is 1580. The molecule has 2 fully saturated rings. The Balaban J connectivity index is 1.12. The maximum atomic E-state index is 14.1. The lowest BCUT2D eigenvalue weighted by Crippen LogP contribution is -2.51. The minimum atomic E-state index is -0.773. The van der Waals surface area contributed by atoms with Crippen LogP contribution in [0.1, 0.15) is 67.0 Å². The molecular formula is C31H29F2N5O3. The number of rotatable bonds is 4. The van der Waals surface area contributed by atoms with Crippen LogP contribution in [-0.2, 0) is 32.6 Å². The number of hydrogen-bond donors (Lipinski definition) is 2. The van der Waals surface area contributed by atoms with E-state index in [0.29, 0.717) is 42.8 Å². The van der Waals surface area contributed by atoms with Gasteiger partial charge >= 0.3 is 0 Å². The number of fused-ring (bicyclic) bond motifs is 3. The average Bonchev–Trinajstić information content (AvgIpc) is 3.63. The first-order valence-electron chi connectivity index (χ1n) is 14.1. The summed E-state index contributed by atoms with van der Waals surface area (Å²) in [5.41, 5.74) is 2.02. The highest BCUT2D eigenvalue weighted by Crippen LogP contribution is 2.50. The Morgan fingerprint density at radius 1 is 1.05 bits per heavy atom. The molecule has 2 N–H and O–H groups in total. The van der Waals surface area contributed by atoms with Crippen LogP contribution in [0.2, 0.25) is 0 Å². The monoisotopic (exact) mass is 557 g/mol. The fourth-order valence-corrected chi connectivity index (χ4v) is 7.47. The molecule has 8 nitrogen and oxygen atoms in total. The molecule has 3 amide bonds. The van der Waals surface area contributed by atoms with Gasteiger partial charge in [0.25, 0.3) is 0 Å². The van der Waals surface area contributed by atoms with Gasteiger partial charge in [-0.25, -0.2) is 13.8 Å². The number of carbonyl (C=O) groups is 3. The minimum absolute atomic E-state index is 0.112. The Morgan fingerprint density at radius 3 is 2.61 bits per heavy atom. The fourth-order valence-electron chi connectivity index (χ4n) is 7.47. The number of likely N-dealkylation sites (tertiary alicyclic amines) is 1. The zero-order valence-electron chi connectivity index (χ0n) is 22.4. The van der Waals surface area contributed by atoms with Crippen LogP contribution in [0.3, 0.4) is 0 Å². The van der Waals surface area contributed by atoms with Gasteiger partial charge in [-0.05, 0) is 67.5 Å². The molecule has 2 aromatic heterocycles. The molecule has 2 aliphatic heterocycles. The van der Waals surface area contributed by atoms with Gasteiger partial charge in [-0.1, -0.05) is 18.9 Å². The standard InChI is InChI=1S/C31H29F2N5O3/c32-20-10-18(11-21(33)13-20)25-5-8-30(6-1-2-7-30)29(41)38(25)17-26(39)36-22-12-19-14-31(15-24(19)35-16-22)23-4-3-9-34-27(23)37-28(31)40/h3-4,9-13,16,25H,1-2,5-8,14-15,17H2,(H,36,39)(H,34,37,40). The SMILES string of the molecule is O=C(CN1C(=O)C2(CCCC2)CCC1c1cc(F)cc(F)c1)Nc1cnc2c(c1)CC1(C2)C(=O)Nc2ncccc21. The molecule has 1 saturated carbocycles. The van der Waals surface area contributed by atoms with Crippen LogP contribution in [0.15, 0.2) is 48.8 Å². The minimum Gasteiger partial charge on any atom is -0.326 e. The molecule has 10 heteroatoms. The molecule has 2 unspecified atom stereocenters. The molecule has 4 heterocycles. The van der Waals surface area contributed by atoms with Gasteiger partial charge in [0, 0.05) is 35.4 Å². The van der Waals surface area contributed by atoms with Crippen molar-refractivity contribution in [2.75, 3.05) is 17.2 Å². The molecule has 210 valence electrons. The lowest BCUT2D eigenvalue weighted by molar-refractivity contribution is -0.152. The molecule has 2 atom stereocenters. The first-order valence-corrected chi connectivity index (χ1v) is 14.1. The molecule has 4 aliphatic rings. The number of carbonyl (C=O) groups excluding carboxylic acids is 3. The number of nitrogens with one attached hydrogen (secondary N) is 2. The summed E-state index contributed by atoms with van der Waals surface area (Å²) >= 11 is 0. The van der Waals surface area contributed by atoms with Crippen LogP contribution in [0.4, 0.5) is 20.3 Å². The Labute approximate surface area is 235 Å². The van der Waals surface area contributed by atoms with Crippen molar-refractivity contribution >= 4 is 29.2 Å². The summed E-state index contributed by atoms with van der Waals surface area (Å²) in [6, 6.07) is 8.23. The van der Waals surface area contributed by atoms with E-state index < -0.39 is 34.4 Å². The van der Waals surface area contributed by atoms with Crippen LogP contribution in [0.25, 0.3) is 0 Å². The van der Waals surface area contributed by atoms with Crippen LogP contribution in [-0.4, -0.2) is 39.1 Å². The highest BCUT2D eigenvalue weighted by molar-refractivity contribution is 6.06. The van der Waals surface area contributed by atoms with Crippen molar-refractivity contribution < 1.29 is 23.2 Å². The van der Waals surface area contributed by atoms with E-state index in [-0.39, 0.29) is 18.4 Å². The van der Waals surface area contributed by atoms with Crippen LogP contribution < -0.4 is 10.6 Å². The van der Waals surface area contributed by atoms with Gasteiger partial charge in [-0.3, -0.25) is 19.4 Å². The van der Waals surface area contributed by atoms with Crippen molar-refractivity contribution in [3.05, 3.63) is 82.8 Å². The molecule has 2 aliphatic carbocycles. The van der Waals surface area contributed by atoms with Crippen molar-refractivity contribution in [1.29, 1.82) is 0 Å². The molecule has 41 heavy (non-hydrogen) atoms. The van der Waals surface area contributed by atoms with Crippen LogP contribution >= 0.6 is 0 Å². The first-order chi connectivity index (χ1) is 19.8. The average molecular weight is 558 g/mol. The van der Waals surface area contributed by atoms with Gasteiger partial charge in [0.1, 0.15) is 24.0 Å². The third kappa shape index (κ3) is 4.19. The lowest BCUT2D eigenvalue weighted by Gasteiger charge is -2.44. The third-order valence-corrected chi connectivity index (χ3v) is 9.43. The second-order valence-corrected chi connectivity index (χ2v) is 11.8. The zero-order valence-corrected chi connectivity index (χ0v) is 22.4. The number of amides is 3. The number of benzene rings is 1. The third-order valence-electron chi connectivity index (χ3n) is 9.43. The molecule has 1 aromatic carbocycles. The van der Waals surface area contributed by atoms with Gasteiger partial charge < -0.3 is 15.5 Å². The molecule has 7 rings (SSSR count). The predicted molar refractivity (Wildman–Crippen MR) is 146 cm³/mol. The van der Waals surface area contributed by atoms with Crippen molar-refractivity contribution in [2.45, 2.75) is 62.8 Å². The summed E-state index contributed by atoms with van der Waals surface area (Å²) in [6.07, 6.45) is 8.66. The smallest absolute Gasteiger partial charge is 0.244 e. The van der Waals surface area contributed by atoms with E-state index in [2.05, 4.69) is 20.6 Å². The summed E-state index contributed by atoms with van der Waals surface area (Å²) in [7, 11) is 0. The van der Waals surface area contributed by atoms with E-state index in [1.165, 1.54) is 17.0 Å². The maximum absolute atomic E-state index is 14.1. The van der Waals surface area contributed by atoms with E-state index in [4.69, 9.17) is 0 Å². The summed E-state index contributed by atoms with van der Waals surface area (Å²) in [4.78, 5) is 50.5. The Kier molecular flexibility index (Phi) is 5.92. The number of anilines is 2. The van der Waals surface area contributed by atoms with Gasteiger partial charge in [0.05, 0.1) is 23.3 Å². The van der Waals surface area contributed by atoms with Crippen molar-refractivity contribution in [1.82, 2.24) is 14.9 Å². The molecule has 0 bridgehead atoms. The number of hydrogen-bond acceptors (Lipinski definition) is 5. The van der Waals surface area contributed by atoms with Gasteiger partial charge in [0.15, 0.2) is 0 Å². The quantitative estimate of drug-likeness (QED) is 0.488. The highest BCUT2D eigenvalue weighted by atomic mass is 19.1. The molecular weight excluding hydrogens is 528 g/mol. The van der Waals surface area contributed by atoms with E-state index >= 15 is 0 Å². The lowest BCUT2D eigenvalue weighted by atomic mass is 9.74. The normalized spacial score (nSPS) is 24.0. The summed E-state index contributed by atoms with van der Waals surface area (Å²) < 4.78 is 28.2. The molecule has 1 saturated heterocycles. The molecule has 2 spiro atoms. The summed E-state index contributed by atoms with van der Waals surface area (Å²) in [5, 5.41) is 5.74. The topological polar surface area (TPSA) is 104 Å². The van der Waals surface area contributed by atoms with Crippen LogP contribution in [0, 0.1) is 17.0 Å². The number of piperidine rings is 1. The van der Waals surface area contributed by atoms with Gasteiger partial charge in [0.2, 0.25) is 17.7 Å². The second kappa shape index (κ2) is 9.43. The largest absolute Gasteiger partial charge is 0.326 e. The molecule has 3 aromatic rings. The van der Waals surface area contributed by atoms with E-state index in [1.54, 1.807) is 12.4 Å². The second-order valence-electron chi connectivity index (χ2n) is 11.8. The maximum Gasteiger partial charge on any atom is 0.244 e. The predicted octanol–water partition coefficient (Wildman–Crippen LogP) is 4.61. The van der Waals surface area contributed by atoms with E-state index in [9.17, 15) is 23.2 Å². The number of nitrogens with zero attached hydrogens (tertiary/aromatic N) is 3. The number of halogens is 2. The summed E-state index contributed by atoms with van der Waals surface area (Å²) in [5.74, 6) is -1.52. The first kappa shape index (κ1) is 25.7. The zero-order chi connectivity index (χ0) is 28.4. The Hall–Kier alpha value is -4.21. The van der Waals surface area contributed by atoms with Gasteiger partial charge in [-0.15, -0.1) is 0 Å². The number of aromatic nitrogens is 2. The Morgan fingerprint density at radius 2 is 1.83 bits per heavy atom. The van der Waals surface area contributed by atoms with Crippen molar-refractivity contribution in [3.8, 4) is 0 Å². The van der Waals surface area contributed by atoms with Gasteiger partial charge in [-0.2, -0.15) is 0 Å². The van der Waals surface area contributed by atoms with E-state index in [0.717, 1.165) is 48.6 Å². The van der Waals surface area contributed by atoms with Crippen molar-refractivity contribution in [2.24, 2.45) is 5.41 Å². The van der Waals surface area contributed by atoms with Crippen molar-refractivity contribution in [3.63, 3.8) is 0 Å². The highest BCUT2D eigenvalue weighted by Gasteiger charge is 2.52. The fraction of sp³-hybridized carbons (Fsp3) is 0.387. The van der Waals surface area contributed by atoms with E-state index in [1.807, 2.05) is 18.2 Å². The number of pyridine rings is 2.